The second kappa shape index (κ2) is 10.5. The van der Waals surface area contributed by atoms with Crippen molar-refractivity contribution in [1.82, 2.24) is 9.55 Å². The zero-order chi connectivity index (χ0) is 24.8. The van der Waals surface area contributed by atoms with Crippen LogP contribution in [0.1, 0.15) is 16.7 Å². The molecule has 8 heteroatoms. The molecule has 1 amide bonds. The summed E-state index contributed by atoms with van der Waals surface area (Å²) in [6.07, 6.45) is 2.69. The number of nitrogen functional groups attached to an aromatic ring is 1. The van der Waals surface area contributed by atoms with Crippen molar-refractivity contribution in [1.29, 1.82) is 0 Å². The monoisotopic (exact) mass is 470 g/mol. The van der Waals surface area contributed by atoms with Crippen molar-refractivity contribution < 1.29 is 9.18 Å². The Balaban J connectivity index is 1.78. The van der Waals surface area contributed by atoms with Gasteiger partial charge in [-0.05, 0) is 34.9 Å². The fraction of sp³-hybridized carbons (Fsp3) is 0.0741. The molecule has 35 heavy (non-hydrogen) atoms. The zero-order valence-electron chi connectivity index (χ0n) is 18.7. The van der Waals surface area contributed by atoms with Crippen LogP contribution in [-0.4, -0.2) is 15.5 Å². The van der Waals surface area contributed by atoms with Gasteiger partial charge in [-0.3, -0.25) is 24.0 Å². The fourth-order valence-corrected chi connectivity index (χ4v) is 3.66. The normalized spacial score (nSPS) is 11.0. The third kappa shape index (κ3) is 5.62. The van der Waals surface area contributed by atoms with Crippen molar-refractivity contribution in [2.24, 2.45) is 0 Å². The maximum absolute atomic E-state index is 13.5. The van der Waals surface area contributed by atoms with Crippen LogP contribution in [0.5, 0.6) is 0 Å². The number of carbonyl (C=O) groups is 1. The Labute approximate surface area is 200 Å². The van der Waals surface area contributed by atoms with E-state index in [0.29, 0.717) is 5.56 Å². The molecule has 3 N–H and O–H groups in total. The van der Waals surface area contributed by atoms with Gasteiger partial charge >= 0.3 is 5.69 Å². The highest BCUT2D eigenvalue weighted by molar-refractivity contribution is 6.05. The Morgan fingerprint density at radius 3 is 2.26 bits per heavy atom. The molecular formula is C27H23FN4O3. The predicted octanol–water partition coefficient (Wildman–Crippen LogP) is 3.55. The number of hydrogen-bond acceptors (Lipinski definition) is 4. The molecule has 0 aliphatic heterocycles. The quantitative estimate of drug-likeness (QED) is 0.403. The number of rotatable bonds is 7. The summed E-state index contributed by atoms with van der Waals surface area (Å²) in [5.41, 5.74) is 6.76. The molecule has 0 fully saturated rings. The molecule has 3 aromatic carbocycles. The Bertz CT molecular complexity index is 1480. The molecule has 7 nitrogen and oxygen atoms in total. The molecule has 4 aromatic rings. The molecule has 0 saturated heterocycles. The van der Waals surface area contributed by atoms with Crippen molar-refractivity contribution >= 4 is 23.5 Å². The molecule has 176 valence electrons. The second-order valence-electron chi connectivity index (χ2n) is 7.86. The highest BCUT2D eigenvalue weighted by Gasteiger charge is 2.23. The largest absolute Gasteiger partial charge is 0.383 e. The molecule has 0 aliphatic carbocycles. The Hall–Kier alpha value is -4.72. The molecule has 0 aliphatic rings. The van der Waals surface area contributed by atoms with Gasteiger partial charge in [-0.1, -0.05) is 72.8 Å². The first kappa shape index (κ1) is 23.4. The summed E-state index contributed by atoms with van der Waals surface area (Å²) < 4.78 is 14.8. The minimum absolute atomic E-state index is 0.0317. The average molecular weight is 471 g/mol. The number of carbonyl (C=O) groups excluding carboxylic acids is 1. The predicted molar refractivity (Wildman–Crippen MR) is 134 cm³/mol. The van der Waals surface area contributed by atoms with Crippen LogP contribution >= 0.6 is 0 Å². The lowest BCUT2D eigenvalue weighted by atomic mass is 10.1. The van der Waals surface area contributed by atoms with E-state index in [4.69, 9.17) is 5.73 Å². The van der Waals surface area contributed by atoms with Crippen molar-refractivity contribution in [3.05, 3.63) is 134 Å². The number of H-pyrrole nitrogens is 1. The van der Waals surface area contributed by atoms with Crippen LogP contribution in [0.15, 0.2) is 101 Å². The summed E-state index contributed by atoms with van der Waals surface area (Å²) in [7, 11) is 0. The van der Waals surface area contributed by atoms with Crippen LogP contribution in [-0.2, 0) is 17.9 Å². The molecule has 0 saturated carbocycles. The lowest BCUT2D eigenvalue weighted by molar-refractivity contribution is -0.114. The lowest BCUT2D eigenvalue weighted by Gasteiger charge is -2.23. The number of anilines is 2. The number of nitrogens with two attached hydrogens (primary N) is 1. The molecule has 0 unspecified atom stereocenters. The molecule has 1 aromatic heterocycles. The van der Waals surface area contributed by atoms with Crippen molar-refractivity contribution in [2.75, 3.05) is 10.6 Å². The minimum Gasteiger partial charge on any atom is -0.383 e. The topological polar surface area (TPSA) is 101 Å². The summed E-state index contributed by atoms with van der Waals surface area (Å²) in [6.45, 7) is 0.145. The third-order valence-electron chi connectivity index (χ3n) is 5.38. The van der Waals surface area contributed by atoms with Gasteiger partial charge in [0.1, 0.15) is 11.6 Å². The molecule has 4 rings (SSSR count). The van der Waals surface area contributed by atoms with Gasteiger partial charge in [0.2, 0.25) is 0 Å². The minimum atomic E-state index is -0.778. The van der Waals surface area contributed by atoms with Crippen LogP contribution in [0.25, 0.3) is 6.08 Å². The Morgan fingerprint density at radius 2 is 1.60 bits per heavy atom. The van der Waals surface area contributed by atoms with Crippen LogP contribution in [0.2, 0.25) is 0 Å². The van der Waals surface area contributed by atoms with E-state index in [2.05, 4.69) is 4.98 Å². The molecule has 0 spiro atoms. The van der Waals surface area contributed by atoms with E-state index >= 15 is 0 Å². The third-order valence-corrected chi connectivity index (χ3v) is 5.38. The number of nitrogens with one attached hydrogen (secondary N) is 1. The van der Waals surface area contributed by atoms with Crippen LogP contribution in [0, 0.1) is 5.82 Å². The van der Waals surface area contributed by atoms with Gasteiger partial charge in [0.15, 0.2) is 5.69 Å². The first-order chi connectivity index (χ1) is 16.9. The summed E-state index contributed by atoms with van der Waals surface area (Å²) >= 11 is 0. The number of halogens is 1. The van der Waals surface area contributed by atoms with Gasteiger partial charge in [-0.25, -0.2) is 9.18 Å². The van der Waals surface area contributed by atoms with Crippen molar-refractivity contribution in [2.45, 2.75) is 13.1 Å². The number of hydrogen-bond donors (Lipinski definition) is 2. The Kier molecular flexibility index (Phi) is 7.02. The number of aromatic amines is 1. The Morgan fingerprint density at radius 1 is 0.943 bits per heavy atom. The number of benzene rings is 3. The number of nitrogens with zero attached hydrogens (tertiary/aromatic N) is 2. The van der Waals surface area contributed by atoms with E-state index < -0.39 is 23.0 Å². The maximum Gasteiger partial charge on any atom is 0.330 e. The standard InChI is InChI=1S/C27H23FN4O3/c28-22-13-7-12-19(16-22)14-15-23(33)31(17-20-8-3-1-4-9-20)24-25(29)32(27(35)30-26(24)34)18-21-10-5-2-6-11-21/h1-16H,17-18,29H2,(H,30,34,35). The zero-order valence-corrected chi connectivity index (χ0v) is 18.7. The van der Waals surface area contributed by atoms with E-state index in [-0.39, 0.29) is 24.6 Å². The van der Waals surface area contributed by atoms with E-state index in [1.165, 1.54) is 39.8 Å². The van der Waals surface area contributed by atoms with Crippen molar-refractivity contribution in [3.63, 3.8) is 0 Å². The molecule has 0 bridgehead atoms. The van der Waals surface area contributed by atoms with E-state index in [1.54, 1.807) is 18.2 Å². The summed E-state index contributed by atoms with van der Waals surface area (Å²) in [4.78, 5) is 42.3. The highest BCUT2D eigenvalue weighted by atomic mass is 19.1. The molecule has 0 atom stereocenters. The summed E-state index contributed by atoms with van der Waals surface area (Å²) in [6, 6.07) is 24.0. The first-order valence-corrected chi connectivity index (χ1v) is 10.9. The maximum atomic E-state index is 13.5. The summed E-state index contributed by atoms with van der Waals surface area (Å²) in [5.74, 6) is -1.12. The molecule has 0 radical (unpaired) electrons. The fourth-order valence-electron chi connectivity index (χ4n) is 3.66. The van der Waals surface area contributed by atoms with Crippen LogP contribution < -0.4 is 21.9 Å². The molecular weight excluding hydrogens is 447 g/mol. The van der Waals surface area contributed by atoms with Gasteiger partial charge in [-0.15, -0.1) is 0 Å². The number of aromatic nitrogens is 2. The lowest BCUT2D eigenvalue weighted by Crippen LogP contribution is -2.40. The average Bonchev–Trinajstić information content (AvgIpc) is 2.86. The van der Waals surface area contributed by atoms with E-state index in [1.807, 2.05) is 48.5 Å². The van der Waals surface area contributed by atoms with E-state index in [9.17, 15) is 18.8 Å². The van der Waals surface area contributed by atoms with Gasteiger partial charge in [0.05, 0.1) is 13.1 Å². The van der Waals surface area contributed by atoms with E-state index in [0.717, 1.165) is 11.1 Å². The molecule has 1 heterocycles. The van der Waals surface area contributed by atoms with Gasteiger partial charge in [0, 0.05) is 6.08 Å². The van der Waals surface area contributed by atoms with Gasteiger partial charge in [-0.2, -0.15) is 0 Å². The van der Waals surface area contributed by atoms with Crippen molar-refractivity contribution in [3.8, 4) is 0 Å². The van der Waals surface area contributed by atoms with Gasteiger partial charge in [0.25, 0.3) is 11.5 Å². The smallest absolute Gasteiger partial charge is 0.330 e. The van der Waals surface area contributed by atoms with Crippen LogP contribution in [0.3, 0.4) is 0 Å². The SMILES string of the molecule is Nc1c(N(Cc2ccccc2)C(=O)C=Cc2cccc(F)c2)c(=O)[nH]c(=O)n1Cc1ccccc1. The van der Waals surface area contributed by atoms with Gasteiger partial charge < -0.3 is 5.73 Å². The summed E-state index contributed by atoms with van der Waals surface area (Å²) in [5, 5.41) is 0. The number of amides is 1. The second-order valence-corrected chi connectivity index (χ2v) is 7.86. The first-order valence-electron chi connectivity index (χ1n) is 10.9. The van der Waals surface area contributed by atoms with Crippen LogP contribution in [0.4, 0.5) is 15.9 Å². The highest BCUT2D eigenvalue weighted by Crippen LogP contribution is 2.21.